The van der Waals surface area contributed by atoms with Crippen LogP contribution in [0.15, 0.2) is 48.7 Å². The van der Waals surface area contributed by atoms with E-state index in [1.807, 2.05) is 24.3 Å². The van der Waals surface area contributed by atoms with E-state index in [4.69, 9.17) is 21.1 Å². The van der Waals surface area contributed by atoms with Gasteiger partial charge in [0.15, 0.2) is 12.2 Å². The molecule has 0 unspecified atom stereocenters. The van der Waals surface area contributed by atoms with Crippen molar-refractivity contribution in [1.29, 1.82) is 0 Å². The van der Waals surface area contributed by atoms with Gasteiger partial charge in [-0.25, -0.2) is 4.79 Å². The summed E-state index contributed by atoms with van der Waals surface area (Å²) in [4.78, 5) is 28.1. The van der Waals surface area contributed by atoms with E-state index in [0.717, 1.165) is 16.5 Å². The van der Waals surface area contributed by atoms with Crippen molar-refractivity contribution in [2.24, 2.45) is 0 Å². The third-order valence-electron chi connectivity index (χ3n) is 4.48. The Bertz CT molecular complexity index is 1010. The van der Waals surface area contributed by atoms with Crippen LogP contribution in [0.1, 0.15) is 22.8 Å². The Balaban J connectivity index is 1.46. The van der Waals surface area contributed by atoms with Gasteiger partial charge in [0, 0.05) is 34.1 Å². The highest BCUT2D eigenvalue weighted by molar-refractivity contribution is 6.30. The number of halogens is 1. The topological polar surface area (TPSA) is 68.4 Å². The fourth-order valence-corrected chi connectivity index (χ4v) is 3.34. The second-order valence-corrected chi connectivity index (χ2v) is 6.69. The molecule has 6 heteroatoms. The number of nitrogens with one attached hydrogen (secondary N) is 1. The average molecular weight is 370 g/mol. The van der Waals surface area contributed by atoms with E-state index in [2.05, 4.69) is 4.98 Å². The molecule has 2 aromatic carbocycles. The van der Waals surface area contributed by atoms with Crippen molar-refractivity contribution < 1.29 is 19.1 Å². The molecule has 5 nitrogen and oxygen atoms in total. The number of para-hydroxylation sites is 1. The van der Waals surface area contributed by atoms with Crippen molar-refractivity contribution in [2.45, 2.75) is 25.6 Å². The third kappa shape index (κ3) is 2.95. The zero-order chi connectivity index (χ0) is 18.3. The van der Waals surface area contributed by atoms with Crippen molar-refractivity contribution >= 4 is 34.3 Å². The van der Waals surface area contributed by atoms with Crippen LogP contribution in [0.2, 0.25) is 5.02 Å². The van der Waals surface area contributed by atoms with Crippen LogP contribution >= 0.6 is 11.6 Å². The Labute approximate surface area is 154 Å². The molecule has 0 saturated heterocycles. The summed E-state index contributed by atoms with van der Waals surface area (Å²) in [5, 5.41) is 1.39. The molecular weight excluding hydrogens is 354 g/mol. The van der Waals surface area contributed by atoms with E-state index in [9.17, 15) is 9.59 Å². The van der Waals surface area contributed by atoms with E-state index in [1.54, 1.807) is 31.3 Å². The van der Waals surface area contributed by atoms with Gasteiger partial charge < -0.3 is 14.5 Å². The SMILES string of the molecule is C[C@H](OC(=O)[C@@H]1Cc2cc(Cl)ccc2O1)C(=O)c1c[nH]c2ccccc12. The number of ketones is 1. The highest BCUT2D eigenvalue weighted by Crippen LogP contribution is 2.31. The van der Waals surface area contributed by atoms with Gasteiger partial charge >= 0.3 is 5.97 Å². The normalized spacial score (nSPS) is 16.8. The summed E-state index contributed by atoms with van der Waals surface area (Å²) in [6.07, 6.45) is 0.351. The number of fused-ring (bicyclic) bond motifs is 2. The molecule has 0 spiro atoms. The summed E-state index contributed by atoms with van der Waals surface area (Å²) in [6.45, 7) is 1.57. The van der Waals surface area contributed by atoms with Gasteiger partial charge in [0.2, 0.25) is 5.78 Å². The molecule has 3 aromatic rings. The summed E-state index contributed by atoms with van der Waals surface area (Å²) in [5.41, 5.74) is 2.22. The van der Waals surface area contributed by atoms with E-state index >= 15 is 0 Å². The van der Waals surface area contributed by atoms with Crippen molar-refractivity contribution in [3.63, 3.8) is 0 Å². The van der Waals surface area contributed by atoms with Crippen molar-refractivity contribution in [1.82, 2.24) is 4.98 Å². The average Bonchev–Trinajstić information content (AvgIpc) is 3.24. The molecule has 1 aromatic heterocycles. The minimum atomic E-state index is -0.905. The van der Waals surface area contributed by atoms with Gasteiger partial charge in [0.25, 0.3) is 0 Å². The standard InChI is InChI=1S/C20H16ClNO4/c1-11(19(23)15-10-22-16-5-3-2-4-14(15)16)25-20(24)18-9-12-8-13(21)6-7-17(12)26-18/h2-8,10-11,18,22H,9H2,1H3/t11-,18-/m0/s1. The van der Waals surface area contributed by atoms with Gasteiger partial charge in [0.1, 0.15) is 5.75 Å². The lowest BCUT2D eigenvalue weighted by Gasteiger charge is -2.15. The van der Waals surface area contributed by atoms with Gasteiger partial charge in [-0.05, 0) is 36.8 Å². The lowest BCUT2D eigenvalue weighted by molar-refractivity contribution is -0.153. The fraction of sp³-hybridized carbons (Fsp3) is 0.200. The maximum Gasteiger partial charge on any atom is 0.348 e. The van der Waals surface area contributed by atoms with E-state index in [1.165, 1.54) is 0 Å². The number of aromatic nitrogens is 1. The Morgan fingerprint density at radius 3 is 2.92 bits per heavy atom. The molecule has 0 aliphatic carbocycles. The van der Waals surface area contributed by atoms with Crippen LogP contribution in [0.3, 0.4) is 0 Å². The Morgan fingerprint density at radius 2 is 2.08 bits per heavy atom. The Morgan fingerprint density at radius 1 is 1.27 bits per heavy atom. The number of esters is 1. The largest absolute Gasteiger partial charge is 0.478 e. The molecule has 0 saturated carbocycles. The molecular formula is C20H16ClNO4. The number of hydrogen-bond donors (Lipinski definition) is 1. The number of Topliss-reactive ketones (excluding diaryl/α,β-unsaturated/α-hetero) is 1. The molecule has 1 N–H and O–H groups in total. The first-order valence-corrected chi connectivity index (χ1v) is 8.66. The number of rotatable bonds is 4. The Kier molecular flexibility index (Phi) is 4.17. The molecule has 0 bridgehead atoms. The lowest BCUT2D eigenvalue weighted by Crippen LogP contribution is -2.33. The quantitative estimate of drug-likeness (QED) is 0.558. The van der Waals surface area contributed by atoms with Crippen molar-refractivity contribution in [3.8, 4) is 5.75 Å². The van der Waals surface area contributed by atoms with Crippen LogP contribution in [-0.2, 0) is 16.0 Å². The summed E-state index contributed by atoms with van der Waals surface area (Å²) in [7, 11) is 0. The van der Waals surface area contributed by atoms with Crippen molar-refractivity contribution in [3.05, 3.63) is 64.8 Å². The summed E-state index contributed by atoms with van der Waals surface area (Å²) < 4.78 is 11.0. The molecule has 2 heterocycles. The summed E-state index contributed by atoms with van der Waals surface area (Å²) in [5.74, 6) is -0.195. The molecule has 2 atom stereocenters. The van der Waals surface area contributed by atoms with E-state index in [-0.39, 0.29) is 5.78 Å². The zero-order valence-electron chi connectivity index (χ0n) is 14.0. The molecule has 0 amide bonds. The second-order valence-electron chi connectivity index (χ2n) is 6.25. The number of carbonyl (C=O) groups is 2. The number of hydrogen-bond acceptors (Lipinski definition) is 4. The highest BCUT2D eigenvalue weighted by Gasteiger charge is 2.33. The molecule has 0 radical (unpaired) electrons. The van der Waals surface area contributed by atoms with Crippen molar-refractivity contribution in [2.75, 3.05) is 0 Å². The highest BCUT2D eigenvalue weighted by atomic mass is 35.5. The minimum Gasteiger partial charge on any atom is -0.478 e. The van der Waals surface area contributed by atoms with Gasteiger partial charge in [0.05, 0.1) is 0 Å². The monoisotopic (exact) mass is 369 g/mol. The summed E-state index contributed by atoms with van der Waals surface area (Å²) >= 11 is 5.96. The smallest absolute Gasteiger partial charge is 0.348 e. The van der Waals surface area contributed by atoms with Crippen LogP contribution in [-0.4, -0.2) is 28.9 Å². The summed E-state index contributed by atoms with van der Waals surface area (Å²) in [6, 6.07) is 12.7. The second kappa shape index (κ2) is 6.50. The zero-order valence-corrected chi connectivity index (χ0v) is 14.7. The van der Waals surface area contributed by atoms with Crippen LogP contribution < -0.4 is 4.74 Å². The number of carbonyl (C=O) groups excluding carboxylic acids is 2. The lowest BCUT2D eigenvalue weighted by atomic mass is 10.1. The predicted octanol–water partition coefficient (Wildman–Crippen LogP) is 3.94. The molecule has 4 rings (SSSR count). The van der Waals surface area contributed by atoms with Gasteiger partial charge in [-0.1, -0.05) is 29.8 Å². The van der Waals surface area contributed by atoms with E-state index < -0.39 is 18.2 Å². The van der Waals surface area contributed by atoms with Gasteiger partial charge in [-0.15, -0.1) is 0 Å². The molecule has 132 valence electrons. The number of aromatic amines is 1. The molecule has 26 heavy (non-hydrogen) atoms. The van der Waals surface area contributed by atoms with Crippen LogP contribution in [0.5, 0.6) is 5.75 Å². The van der Waals surface area contributed by atoms with Crippen LogP contribution in [0, 0.1) is 0 Å². The first kappa shape index (κ1) is 16.7. The molecule has 0 fully saturated rings. The maximum atomic E-state index is 12.7. The van der Waals surface area contributed by atoms with E-state index in [0.29, 0.717) is 22.8 Å². The number of benzene rings is 2. The fourth-order valence-electron chi connectivity index (χ4n) is 3.15. The maximum absolute atomic E-state index is 12.7. The third-order valence-corrected chi connectivity index (χ3v) is 4.71. The van der Waals surface area contributed by atoms with Gasteiger partial charge in [-0.3, -0.25) is 4.79 Å². The Hall–Kier alpha value is -2.79. The van der Waals surface area contributed by atoms with Gasteiger partial charge in [-0.2, -0.15) is 0 Å². The first-order chi connectivity index (χ1) is 12.5. The molecule has 1 aliphatic rings. The first-order valence-electron chi connectivity index (χ1n) is 8.29. The number of ether oxygens (including phenoxy) is 2. The van der Waals surface area contributed by atoms with Crippen LogP contribution in [0.25, 0.3) is 10.9 Å². The predicted molar refractivity (Wildman–Crippen MR) is 97.8 cm³/mol. The number of H-pyrrole nitrogens is 1. The molecule has 1 aliphatic heterocycles. The van der Waals surface area contributed by atoms with Crippen LogP contribution in [0.4, 0.5) is 0 Å². The minimum absolute atomic E-state index is 0.255.